The lowest BCUT2D eigenvalue weighted by molar-refractivity contribution is -0.141. The second-order valence-corrected chi connectivity index (χ2v) is 5.30. The first-order chi connectivity index (χ1) is 10.7. The molecule has 0 saturated carbocycles. The summed E-state index contributed by atoms with van der Waals surface area (Å²) < 4.78 is 5.38. The van der Waals surface area contributed by atoms with Gasteiger partial charge >= 0.3 is 5.97 Å². The Balaban J connectivity index is 3.28. The first-order valence-corrected chi connectivity index (χ1v) is 6.93. The van der Waals surface area contributed by atoms with E-state index in [9.17, 15) is 14.7 Å². The van der Waals surface area contributed by atoms with Crippen molar-refractivity contribution in [2.24, 2.45) is 22.4 Å². The van der Waals surface area contributed by atoms with Gasteiger partial charge in [0.05, 0.1) is 24.8 Å². The summed E-state index contributed by atoms with van der Waals surface area (Å²) in [6, 6.07) is -1.70. The highest BCUT2D eigenvalue weighted by atomic mass is 16.5. The third-order valence-electron chi connectivity index (χ3n) is 3.50. The molecule has 1 aliphatic rings. The number of rotatable bonds is 6. The highest BCUT2D eigenvalue weighted by Crippen LogP contribution is 2.27. The molecule has 8 N–H and O–H groups in total. The standard InChI is InChI=1S/C13H22N4O6/c1-5(8(20)4-18)11-10(16-6(2)19)7(17-13(14)15)3-9(23-11)12(21)22/h3,5,7-8,10-11,18,20H,4H2,1-2H3,(H,16,19)(H,21,22)(H4,14,15,17)/t5-,7+,8-,10-,11+/m1/s1. The molecular weight excluding hydrogens is 308 g/mol. The van der Waals surface area contributed by atoms with Gasteiger partial charge in [0.1, 0.15) is 6.10 Å². The molecule has 130 valence electrons. The molecule has 0 aliphatic carbocycles. The van der Waals surface area contributed by atoms with Crippen LogP contribution in [0.1, 0.15) is 13.8 Å². The van der Waals surface area contributed by atoms with Gasteiger partial charge in [0.2, 0.25) is 11.7 Å². The summed E-state index contributed by atoms with van der Waals surface area (Å²) in [5.41, 5.74) is 10.7. The first-order valence-electron chi connectivity index (χ1n) is 6.93. The predicted molar refractivity (Wildman–Crippen MR) is 80.1 cm³/mol. The van der Waals surface area contributed by atoms with E-state index in [2.05, 4.69) is 10.3 Å². The molecule has 1 heterocycles. The van der Waals surface area contributed by atoms with Gasteiger partial charge < -0.3 is 36.8 Å². The van der Waals surface area contributed by atoms with E-state index in [1.165, 1.54) is 13.0 Å². The van der Waals surface area contributed by atoms with Crippen LogP contribution in [0.25, 0.3) is 0 Å². The van der Waals surface area contributed by atoms with Crippen molar-refractivity contribution in [3.8, 4) is 0 Å². The Labute approximate surface area is 132 Å². The number of hydrogen-bond donors (Lipinski definition) is 6. The minimum Gasteiger partial charge on any atom is -0.481 e. The molecule has 0 aromatic carbocycles. The van der Waals surface area contributed by atoms with E-state index in [1.54, 1.807) is 6.92 Å². The molecule has 5 atom stereocenters. The normalized spacial score (nSPS) is 26.3. The van der Waals surface area contributed by atoms with Crippen molar-refractivity contribution >= 4 is 17.8 Å². The van der Waals surface area contributed by atoms with Crippen LogP contribution in [0.4, 0.5) is 0 Å². The molecule has 10 nitrogen and oxygen atoms in total. The number of carboxylic acid groups (broad SMARTS) is 1. The van der Waals surface area contributed by atoms with Gasteiger partial charge in [-0.05, 0) is 6.08 Å². The molecule has 0 bridgehead atoms. The number of carbonyl (C=O) groups excluding carboxylic acids is 1. The van der Waals surface area contributed by atoms with Crippen molar-refractivity contribution < 1.29 is 29.6 Å². The van der Waals surface area contributed by atoms with Crippen molar-refractivity contribution in [1.82, 2.24) is 5.32 Å². The summed E-state index contributed by atoms with van der Waals surface area (Å²) in [5.74, 6) is -3.13. The SMILES string of the molecule is CC(=O)N[C@H]1[C@H]([C@H](C)[C@H](O)CO)OC(C(=O)O)=C[C@@H]1N=C(N)N. The molecule has 0 radical (unpaired) electrons. The Morgan fingerprint density at radius 1 is 1.48 bits per heavy atom. The molecule has 0 aromatic rings. The number of nitrogens with one attached hydrogen (secondary N) is 1. The summed E-state index contributed by atoms with van der Waals surface area (Å²) >= 11 is 0. The smallest absolute Gasteiger partial charge is 0.370 e. The van der Waals surface area contributed by atoms with Gasteiger partial charge in [-0.15, -0.1) is 0 Å². The summed E-state index contributed by atoms with van der Waals surface area (Å²) in [4.78, 5) is 26.6. The second-order valence-electron chi connectivity index (χ2n) is 5.30. The van der Waals surface area contributed by atoms with Crippen LogP contribution < -0.4 is 16.8 Å². The van der Waals surface area contributed by atoms with Gasteiger partial charge in [-0.2, -0.15) is 0 Å². The molecule has 1 aliphatic heterocycles. The number of aliphatic hydroxyl groups is 2. The van der Waals surface area contributed by atoms with E-state index in [0.717, 1.165) is 0 Å². The average Bonchev–Trinajstić information content (AvgIpc) is 2.45. The minimum atomic E-state index is -1.34. The number of carboxylic acids is 1. The summed E-state index contributed by atoms with van der Waals surface area (Å²) in [6.07, 6.45) is -0.952. The molecule has 0 spiro atoms. The molecular formula is C13H22N4O6. The van der Waals surface area contributed by atoms with E-state index in [1.807, 2.05) is 0 Å². The number of aliphatic hydroxyl groups excluding tert-OH is 2. The van der Waals surface area contributed by atoms with Gasteiger partial charge in [-0.25, -0.2) is 9.79 Å². The maximum Gasteiger partial charge on any atom is 0.370 e. The lowest BCUT2D eigenvalue weighted by Gasteiger charge is -2.39. The Bertz CT molecular complexity index is 517. The fourth-order valence-corrected chi connectivity index (χ4v) is 2.35. The monoisotopic (exact) mass is 330 g/mol. The van der Waals surface area contributed by atoms with Crippen LogP contribution in [-0.2, 0) is 14.3 Å². The quantitative estimate of drug-likeness (QED) is 0.228. The highest BCUT2D eigenvalue weighted by molar-refractivity contribution is 5.85. The largest absolute Gasteiger partial charge is 0.481 e. The molecule has 0 fully saturated rings. The number of guanidine groups is 1. The Morgan fingerprint density at radius 2 is 2.09 bits per heavy atom. The molecule has 0 unspecified atom stereocenters. The molecule has 0 aromatic heterocycles. The topological polar surface area (TPSA) is 180 Å². The summed E-state index contributed by atoms with van der Waals surface area (Å²) in [5, 5.41) is 30.7. The number of amides is 1. The van der Waals surface area contributed by atoms with E-state index in [4.69, 9.17) is 26.4 Å². The van der Waals surface area contributed by atoms with Crippen LogP contribution in [0, 0.1) is 5.92 Å². The fraction of sp³-hybridized carbons (Fsp3) is 0.615. The van der Waals surface area contributed by atoms with Crippen LogP contribution in [0.5, 0.6) is 0 Å². The lowest BCUT2D eigenvalue weighted by Crippen LogP contribution is -2.57. The van der Waals surface area contributed by atoms with Crippen molar-refractivity contribution in [2.45, 2.75) is 38.1 Å². The van der Waals surface area contributed by atoms with Gasteiger partial charge in [0.25, 0.3) is 0 Å². The third-order valence-corrected chi connectivity index (χ3v) is 3.50. The van der Waals surface area contributed by atoms with Gasteiger partial charge in [-0.1, -0.05) is 6.92 Å². The Morgan fingerprint density at radius 3 is 2.52 bits per heavy atom. The number of nitrogens with two attached hydrogens (primary N) is 2. The van der Waals surface area contributed by atoms with Crippen LogP contribution >= 0.6 is 0 Å². The highest BCUT2D eigenvalue weighted by Gasteiger charge is 2.42. The number of ether oxygens (including phenoxy) is 1. The number of carbonyl (C=O) groups is 2. The zero-order valence-corrected chi connectivity index (χ0v) is 12.8. The van der Waals surface area contributed by atoms with Crippen LogP contribution in [0.15, 0.2) is 16.8 Å². The van der Waals surface area contributed by atoms with Crippen molar-refractivity contribution in [1.29, 1.82) is 0 Å². The van der Waals surface area contributed by atoms with Crippen LogP contribution in [0.2, 0.25) is 0 Å². The number of nitrogens with zero attached hydrogens (tertiary/aromatic N) is 1. The van der Waals surface area contributed by atoms with Gasteiger partial charge in [-0.3, -0.25) is 4.79 Å². The zero-order valence-electron chi connectivity index (χ0n) is 12.8. The van der Waals surface area contributed by atoms with Gasteiger partial charge in [0.15, 0.2) is 5.96 Å². The number of hydrogen-bond acceptors (Lipinski definition) is 6. The van der Waals surface area contributed by atoms with Crippen LogP contribution in [0.3, 0.4) is 0 Å². The molecule has 1 amide bonds. The van der Waals surface area contributed by atoms with E-state index in [0.29, 0.717) is 0 Å². The van der Waals surface area contributed by atoms with E-state index >= 15 is 0 Å². The lowest BCUT2D eigenvalue weighted by atomic mass is 9.87. The van der Waals surface area contributed by atoms with Crippen LogP contribution in [-0.4, -0.2) is 64.1 Å². The zero-order chi connectivity index (χ0) is 17.7. The van der Waals surface area contributed by atoms with Crippen molar-refractivity contribution in [3.63, 3.8) is 0 Å². The Kier molecular flexibility index (Phi) is 6.34. The van der Waals surface area contributed by atoms with Gasteiger partial charge in [0, 0.05) is 12.8 Å². The maximum atomic E-state index is 11.4. The average molecular weight is 330 g/mol. The van der Waals surface area contributed by atoms with E-state index < -0.39 is 54.5 Å². The predicted octanol–water partition coefficient (Wildman–Crippen LogP) is -2.51. The number of aliphatic carboxylic acids is 1. The molecule has 0 saturated heterocycles. The molecule has 23 heavy (non-hydrogen) atoms. The fourth-order valence-electron chi connectivity index (χ4n) is 2.35. The third kappa shape index (κ3) is 4.83. The number of aliphatic imine (C=N–C) groups is 1. The summed E-state index contributed by atoms with van der Waals surface area (Å²) in [6.45, 7) is 2.28. The van der Waals surface area contributed by atoms with Crippen molar-refractivity contribution in [2.75, 3.05) is 6.61 Å². The Hall–Kier alpha value is -2.33. The molecule has 10 heteroatoms. The maximum absolute atomic E-state index is 11.4. The molecule has 1 rings (SSSR count). The summed E-state index contributed by atoms with van der Waals surface area (Å²) in [7, 11) is 0. The van der Waals surface area contributed by atoms with E-state index in [-0.39, 0.29) is 5.96 Å². The first kappa shape index (κ1) is 18.7. The second kappa shape index (κ2) is 7.79. The van der Waals surface area contributed by atoms with Crippen molar-refractivity contribution in [3.05, 3.63) is 11.8 Å². The minimum absolute atomic E-state index is 0.289.